The summed E-state index contributed by atoms with van der Waals surface area (Å²) in [4.78, 5) is 36.1. The Hall–Kier alpha value is -3.17. The van der Waals surface area contributed by atoms with Crippen molar-refractivity contribution in [2.24, 2.45) is 5.92 Å². The number of piperidine rings is 1. The van der Waals surface area contributed by atoms with Crippen LogP contribution in [0.25, 0.3) is 11.7 Å². The van der Waals surface area contributed by atoms with E-state index in [1.807, 2.05) is 43.3 Å². The molecule has 0 bridgehead atoms. The molecule has 0 aliphatic carbocycles. The zero-order valence-corrected chi connectivity index (χ0v) is 22.2. The molecule has 0 radical (unpaired) electrons. The summed E-state index contributed by atoms with van der Waals surface area (Å²) >= 11 is 6.78. The van der Waals surface area contributed by atoms with Gasteiger partial charge in [0.2, 0.25) is 0 Å². The highest BCUT2D eigenvalue weighted by atomic mass is 32.2. The van der Waals surface area contributed by atoms with E-state index in [1.165, 1.54) is 11.8 Å². The second-order valence-corrected chi connectivity index (χ2v) is 11.1. The highest BCUT2D eigenvalue weighted by molar-refractivity contribution is 8.26. The first-order valence-corrected chi connectivity index (χ1v) is 13.2. The van der Waals surface area contributed by atoms with Gasteiger partial charge in [0.05, 0.1) is 24.1 Å². The lowest BCUT2D eigenvalue weighted by Crippen LogP contribution is -2.36. The van der Waals surface area contributed by atoms with Crippen molar-refractivity contribution in [1.82, 2.24) is 14.3 Å². The van der Waals surface area contributed by atoms with Gasteiger partial charge in [-0.3, -0.25) is 18.9 Å². The van der Waals surface area contributed by atoms with Gasteiger partial charge in [-0.25, -0.2) is 4.98 Å². The number of carbonyl (C=O) groups is 1. The minimum Gasteiger partial charge on any atom is -0.497 e. The summed E-state index contributed by atoms with van der Waals surface area (Å²) < 4.78 is 7.26. The smallest absolute Gasteiger partial charge is 0.267 e. The maximum Gasteiger partial charge on any atom is 0.267 e. The molecule has 1 amide bonds. The van der Waals surface area contributed by atoms with Gasteiger partial charge in [-0.15, -0.1) is 0 Å². The van der Waals surface area contributed by atoms with Gasteiger partial charge in [-0.1, -0.05) is 49.1 Å². The lowest BCUT2D eigenvalue weighted by Gasteiger charge is -2.32. The van der Waals surface area contributed by atoms with Crippen LogP contribution in [0.4, 0.5) is 5.82 Å². The molecule has 1 aromatic carbocycles. The van der Waals surface area contributed by atoms with E-state index in [2.05, 4.69) is 11.8 Å². The van der Waals surface area contributed by atoms with Crippen molar-refractivity contribution in [3.05, 3.63) is 74.5 Å². The minimum atomic E-state index is -0.201. The van der Waals surface area contributed by atoms with Crippen LogP contribution in [0, 0.1) is 12.8 Å². The first-order valence-electron chi connectivity index (χ1n) is 12.0. The van der Waals surface area contributed by atoms with E-state index in [1.54, 1.807) is 28.7 Å². The van der Waals surface area contributed by atoms with E-state index in [4.69, 9.17) is 21.9 Å². The van der Waals surface area contributed by atoms with E-state index >= 15 is 0 Å². The quantitative estimate of drug-likeness (QED) is 0.358. The number of thioether (sulfide) groups is 1. The number of fused-ring (bicyclic) bond motifs is 1. The Morgan fingerprint density at radius 1 is 1.14 bits per heavy atom. The fourth-order valence-electron chi connectivity index (χ4n) is 4.52. The Bertz CT molecular complexity index is 1420. The van der Waals surface area contributed by atoms with Gasteiger partial charge in [0.15, 0.2) is 0 Å². The van der Waals surface area contributed by atoms with Crippen LogP contribution in [-0.4, -0.2) is 44.7 Å². The van der Waals surface area contributed by atoms with Crippen LogP contribution in [-0.2, 0) is 11.3 Å². The number of anilines is 1. The lowest BCUT2D eigenvalue weighted by atomic mass is 9.99. The van der Waals surface area contributed by atoms with Gasteiger partial charge in [-0.05, 0) is 61.1 Å². The van der Waals surface area contributed by atoms with E-state index in [9.17, 15) is 9.59 Å². The number of pyridine rings is 1. The summed E-state index contributed by atoms with van der Waals surface area (Å²) in [6.07, 6.45) is 5.56. The number of rotatable bonds is 5. The average Bonchev–Trinajstić information content (AvgIpc) is 3.14. The molecule has 4 heterocycles. The largest absolute Gasteiger partial charge is 0.497 e. The fraction of sp³-hybridized carbons (Fsp3) is 0.333. The molecular formula is C27H28N4O3S2. The van der Waals surface area contributed by atoms with Crippen molar-refractivity contribution in [3.63, 3.8) is 0 Å². The number of nitrogens with zero attached hydrogens (tertiary/aromatic N) is 4. The Morgan fingerprint density at radius 2 is 1.86 bits per heavy atom. The van der Waals surface area contributed by atoms with Crippen LogP contribution in [0.5, 0.6) is 5.75 Å². The Labute approximate surface area is 219 Å². The molecular weight excluding hydrogens is 492 g/mol. The van der Waals surface area contributed by atoms with Crippen molar-refractivity contribution in [3.8, 4) is 5.75 Å². The standard InChI is InChI=1S/C27H28N4O3S2/c1-17-10-12-29(13-11-17)24-21(25(32)30-15-18(2)4-9-23(30)28-24)14-22-26(33)31(27(35)36-22)16-19-5-7-20(34-3)8-6-19/h4-9,14-15,17H,10-13,16H2,1-3H3. The third-order valence-electron chi connectivity index (χ3n) is 6.72. The average molecular weight is 521 g/mol. The van der Waals surface area contributed by atoms with Crippen molar-refractivity contribution < 1.29 is 9.53 Å². The summed E-state index contributed by atoms with van der Waals surface area (Å²) in [7, 11) is 1.62. The van der Waals surface area contributed by atoms with E-state index in [-0.39, 0.29) is 11.5 Å². The predicted octanol–water partition coefficient (Wildman–Crippen LogP) is 4.65. The van der Waals surface area contributed by atoms with Gasteiger partial charge in [0.1, 0.15) is 21.5 Å². The van der Waals surface area contributed by atoms with E-state index in [0.717, 1.165) is 42.8 Å². The van der Waals surface area contributed by atoms with Crippen molar-refractivity contribution >= 4 is 51.7 Å². The number of benzene rings is 1. The minimum absolute atomic E-state index is 0.183. The topological polar surface area (TPSA) is 67.2 Å². The van der Waals surface area contributed by atoms with Crippen molar-refractivity contribution in [1.29, 1.82) is 0 Å². The monoisotopic (exact) mass is 520 g/mol. The molecule has 3 aromatic rings. The maximum atomic E-state index is 13.7. The summed E-state index contributed by atoms with van der Waals surface area (Å²) in [5.41, 5.74) is 2.75. The van der Waals surface area contributed by atoms with Crippen LogP contribution in [0.15, 0.2) is 52.3 Å². The van der Waals surface area contributed by atoms with Gasteiger partial charge in [-0.2, -0.15) is 0 Å². The number of hydrogen-bond acceptors (Lipinski definition) is 7. The molecule has 2 saturated heterocycles. The number of methoxy groups -OCH3 is 1. The zero-order chi connectivity index (χ0) is 25.4. The maximum absolute atomic E-state index is 13.7. The van der Waals surface area contributed by atoms with E-state index < -0.39 is 0 Å². The number of hydrogen-bond donors (Lipinski definition) is 0. The fourth-order valence-corrected chi connectivity index (χ4v) is 5.75. The van der Waals surface area contributed by atoms with Gasteiger partial charge in [0, 0.05) is 19.3 Å². The van der Waals surface area contributed by atoms with Crippen molar-refractivity contribution in [2.45, 2.75) is 33.2 Å². The molecule has 9 heteroatoms. The summed E-state index contributed by atoms with van der Waals surface area (Å²) in [6.45, 7) is 6.20. The lowest BCUT2D eigenvalue weighted by molar-refractivity contribution is -0.122. The molecule has 36 heavy (non-hydrogen) atoms. The first-order chi connectivity index (χ1) is 17.3. The molecule has 0 N–H and O–H groups in total. The molecule has 2 aliphatic heterocycles. The molecule has 2 aromatic heterocycles. The molecule has 0 unspecified atom stereocenters. The van der Waals surface area contributed by atoms with Crippen molar-refractivity contribution in [2.75, 3.05) is 25.1 Å². The van der Waals surface area contributed by atoms with Gasteiger partial charge < -0.3 is 9.64 Å². The number of carbonyl (C=O) groups excluding carboxylic acids is 1. The van der Waals surface area contributed by atoms with Crippen LogP contribution >= 0.6 is 24.0 Å². The molecule has 5 rings (SSSR count). The normalized spacial score (nSPS) is 18.0. The third kappa shape index (κ3) is 4.77. The molecule has 0 atom stereocenters. The molecule has 186 valence electrons. The molecule has 7 nitrogen and oxygen atoms in total. The summed E-state index contributed by atoms with van der Waals surface area (Å²) in [6, 6.07) is 11.4. The summed E-state index contributed by atoms with van der Waals surface area (Å²) in [5.74, 6) is 1.83. The zero-order valence-electron chi connectivity index (χ0n) is 20.6. The summed E-state index contributed by atoms with van der Waals surface area (Å²) in [5, 5.41) is 0. The number of ether oxygens (including phenoxy) is 1. The second kappa shape index (κ2) is 10.1. The van der Waals surface area contributed by atoms with Crippen LogP contribution in [0.1, 0.15) is 36.5 Å². The van der Waals surface area contributed by atoms with Crippen LogP contribution in [0.3, 0.4) is 0 Å². The van der Waals surface area contributed by atoms with E-state index in [0.29, 0.717) is 38.7 Å². The Balaban J connectivity index is 1.53. The predicted molar refractivity (Wildman–Crippen MR) is 149 cm³/mol. The van der Waals surface area contributed by atoms with Crippen LogP contribution in [0.2, 0.25) is 0 Å². The molecule has 0 spiro atoms. The Kier molecular flexibility index (Phi) is 6.85. The highest BCUT2D eigenvalue weighted by Gasteiger charge is 2.33. The number of aromatic nitrogens is 2. The molecule has 2 fully saturated rings. The second-order valence-electron chi connectivity index (χ2n) is 9.37. The highest BCUT2D eigenvalue weighted by Crippen LogP contribution is 2.35. The van der Waals surface area contributed by atoms with Gasteiger partial charge in [0.25, 0.3) is 11.5 Å². The van der Waals surface area contributed by atoms with Crippen LogP contribution < -0.4 is 15.2 Å². The first kappa shape index (κ1) is 24.5. The molecule has 2 aliphatic rings. The van der Waals surface area contributed by atoms with Gasteiger partial charge >= 0.3 is 0 Å². The Morgan fingerprint density at radius 3 is 2.56 bits per heavy atom. The number of amides is 1. The number of aryl methyl sites for hydroxylation is 1. The number of thiocarbonyl (C=S) groups is 1. The molecule has 0 saturated carbocycles. The third-order valence-corrected chi connectivity index (χ3v) is 8.10. The SMILES string of the molecule is COc1ccc(CN2C(=O)C(=Cc3c(N4CCC(C)CC4)nc4ccc(C)cn4c3=O)SC2=S)cc1.